The second-order valence-corrected chi connectivity index (χ2v) is 4.13. The molecule has 20 heavy (non-hydrogen) atoms. The fourth-order valence-electron chi connectivity index (χ4n) is 1.84. The fraction of sp³-hybridized carbons (Fsp3) is 0.357. The lowest BCUT2D eigenvalue weighted by Gasteiger charge is -2.25. The summed E-state index contributed by atoms with van der Waals surface area (Å²) in [7, 11) is 0. The molecule has 0 aliphatic heterocycles. The number of aliphatic carboxylic acids is 1. The fourth-order valence-corrected chi connectivity index (χ4v) is 1.84. The van der Waals surface area contributed by atoms with Crippen LogP contribution >= 0.6 is 0 Å². The molecule has 108 valence electrons. The number of carboxylic acid groups (broad SMARTS) is 1. The van der Waals surface area contributed by atoms with Gasteiger partial charge in [0.25, 0.3) is 0 Å². The number of nitrogens with zero attached hydrogens (tertiary/aromatic N) is 1. The Kier molecular flexibility index (Phi) is 5.71. The van der Waals surface area contributed by atoms with Crippen LogP contribution in [0.3, 0.4) is 0 Å². The minimum atomic E-state index is -1.61. The summed E-state index contributed by atoms with van der Waals surface area (Å²) >= 11 is 0. The van der Waals surface area contributed by atoms with E-state index in [1.54, 1.807) is 35.2 Å². The first-order valence-corrected chi connectivity index (χ1v) is 6.38. The van der Waals surface area contributed by atoms with E-state index in [4.69, 9.17) is 5.11 Å². The number of hydrogen-bond donors (Lipinski definition) is 2. The van der Waals surface area contributed by atoms with Crippen LogP contribution < -0.4 is 5.32 Å². The van der Waals surface area contributed by atoms with E-state index in [1.807, 2.05) is 13.8 Å². The number of carbonyl (C=O) groups is 3. The molecule has 1 rings (SSSR count). The van der Waals surface area contributed by atoms with Crippen molar-refractivity contribution >= 4 is 17.8 Å². The number of carbonyl (C=O) groups excluding carboxylic acids is 2. The molecular formula is C14H18N2O4. The average molecular weight is 278 g/mol. The summed E-state index contributed by atoms with van der Waals surface area (Å²) in [5, 5.41) is 10.9. The van der Waals surface area contributed by atoms with E-state index in [1.165, 1.54) is 0 Å². The molecular weight excluding hydrogens is 260 g/mol. The third-order valence-electron chi connectivity index (χ3n) is 2.92. The maximum absolute atomic E-state index is 12.4. The molecule has 0 aliphatic rings. The van der Waals surface area contributed by atoms with Crippen molar-refractivity contribution in [2.24, 2.45) is 0 Å². The lowest BCUT2D eigenvalue weighted by Crippen LogP contribution is -2.44. The average Bonchev–Trinajstić information content (AvgIpc) is 2.46. The Morgan fingerprint density at radius 2 is 1.70 bits per heavy atom. The maximum Gasteiger partial charge on any atom is 0.394 e. The van der Waals surface area contributed by atoms with Gasteiger partial charge >= 0.3 is 11.9 Å². The lowest BCUT2D eigenvalue weighted by atomic mass is 10.1. The van der Waals surface area contributed by atoms with E-state index >= 15 is 0 Å². The van der Waals surface area contributed by atoms with Gasteiger partial charge in [0, 0.05) is 13.1 Å². The molecule has 0 saturated carbocycles. The normalized spacial score (nSPS) is 11.5. The van der Waals surface area contributed by atoms with Crippen LogP contribution in [-0.4, -0.2) is 40.9 Å². The van der Waals surface area contributed by atoms with E-state index in [0.29, 0.717) is 18.7 Å². The molecule has 6 nitrogen and oxygen atoms in total. The van der Waals surface area contributed by atoms with Crippen molar-refractivity contribution in [1.82, 2.24) is 10.2 Å². The summed E-state index contributed by atoms with van der Waals surface area (Å²) in [6.45, 7) is 4.62. The predicted molar refractivity (Wildman–Crippen MR) is 72.9 cm³/mol. The maximum atomic E-state index is 12.4. The van der Waals surface area contributed by atoms with Gasteiger partial charge in [-0.2, -0.15) is 0 Å². The zero-order valence-corrected chi connectivity index (χ0v) is 11.5. The molecule has 0 saturated heterocycles. The minimum absolute atomic E-state index is 0.323. The number of likely N-dealkylation sites (N-methyl/N-ethyl adjacent to an activating group) is 1. The molecule has 1 aromatic rings. The van der Waals surface area contributed by atoms with E-state index < -0.39 is 17.9 Å². The van der Waals surface area contributed by atoms with Crippen molar-refractivity contribution in [1.29, 1.82) is 0 Å². The number of hydrogen-bond acceptors (Lipinski definition) is 3. The van der Waals surface area contributed by atoms with E-state index in [-0.39, 0.29) is 5.91 Å². The Hall–Kier alpha value is -2.37. The monoisotopic (exact) mass is 278 g/mol. The first kappa shape index (κ1) is 15.7. The van der Waals surface area contributed by atoms with Gasteiger partial charge in [-0.15, -0.1) is 0 Å². The first-order valence-electron chi connectivity index (χ1n) is 6.38. The van der Waals surface area contributed by atoms with Crippen LogP contribution in [0.4, 0.5) is 0 Å². The highest BCUT2D eigenvalue weighted by molar-refractivity contribution is 6.32. The molecule has 0 aliphatic carbocycles. The van der Waals surface area contributed by atoms with Gasteiger partial charge in [0.05, 0.1) is 0 Å². The highest BCUT2D eigenvalue weighted by Crippen LogP contribution is 2.15. The summed E-state index contributed by atoms with van der Waals surface area (Å²) in [6.07, 6.45) is 0. The number of nitrogens with one attached hydrogen (secondary N) is 1. The number of carboxylic acids is 1. The molecule has 1 atom stereocenters. The van der Waals surface area contributed by atoms with Crippen molar-refractivity contribution in [3.63, 3.8) is 0 Å². The second kappa shape index (κ2) is 7.28. The second-order valence-electron chi connectivity index (χ2n) is 4.13. The summed E-state index contributed by atoms with van der Waals surface area (Å²) in [5.74, 6) is -3.13. The van der Waals surface area contributed by atoms with Gasteiger partial charge < -0.3 is 15.3 Å². The molecule has 6 heteroatoms. The first-order chi connectivity index (χ1) is 9.51. The van der Waals surface area contributed by atoms with Crippen LogP contribution in [0.1, 0.15) is 25.5 Å². The third-order valence-corrected chi connectivity index (χ3v) is 2.92. The van der Waals surface area contributed by atoms with E-state index in [2.05, 4.69) is 5.32 Å². The van der Waals surface area contributed by atoms with Crippen LogP contribution in [0.5, 0.6) is 0 Å². The standard InChI is InChI=1S/C14H18N2O4/c1-3-16(4-2)13(18)11(15-12(17)14(19)20)10-8-6-5-7-9-10/h5-9,11H,3-4H2,1-2H3,(H,15,17)(H,19,20)/t11-/m0/s1. The Bertz CT molecular complexity index is 483. The zero-order valence-electron chi connectivity index (χ0n) is 11.5. The molecule has 0 bridgehead atoms. The molecule has 1 aromatic carbocycles. The summed E-state index contributed by atoms with van der Waals surface area (Å²) in [4.78, 5) is 35.9. The van der Waals surface area contributed by atoms with Gasteiger partial charge in [0.2, 0.25) is 5.91 Å². The van der Waals surface area contributed by atoms with E-state index in [0.717, 1.165) is 0 Å². The molecule has 0 radical (unpaired) electrons. The highest BCUT2D eigenvalue weighted by atomic mass is 16.4. The summed E-state index contributed by atoms with van der Waals surface area (Å²) in [6, 6.07) is 7.60. The number of amides is 2. The third kappa shape index (κ3) is 3.81. The Labute approximate surface area is 117 Å². The summed E-state index contributed by atoms with van der Waals surface area (Å²) in [5.41, 5.74) is 0.555. The minimum Gasteiger partial charge on any atom is -0.474 e. The van der Waals surface area contributed by atoms with Gasteiger partial charge in [-0.3, -0.25) is 9.59 Å². The van der Waals surface area contributed by atoms with Gasteiger partial charge in [-0.05, 0) is 19.4 Å². The van der Waals surface area contributed by atoms with Gasteiger partial charge in [0.1, 0.15) is 6.04 Å². The van der Waals surface area contributed by atoms with E-state index in [9.17, 15) is 14.4 Å². The summed E-state index contributed by atoms with van der Waals surface area (Å²) < 4.78 is 0. The number of rotatable bonds is 5. The highest BCUT2D eigenvalue weighted by Gasteiger charge is 2.28. The van der Waals surface area contributed by atoms with Crippen molar-refractivity contribution in [2.45, 2.75) is 19.9 Å². The Balaban J connectivity index is 3.04. The largest absolute Gasteiger partial charge is 0.474 e. The van der Waals surface area contributed by atoms with Gasteiger partial charge in [-0.1, -0.05) is 30.3 Å². The Morgan fingerprint density at radius 3 is 2.15 bits per heavy atom. The van der Waals surface area contributed by atoms with Gasteiger partial charge in [0.15, 0.2) is 0 Å². The topological polar surface area (TPSA) is 86.7 Å². The molecule has 0 unspecified atom stereocenters. The van der Waals surface area contributed by atoms with Crippen LogP contribution in [0.25, 0.3) is 0 Å². The zero-order chi connectivity index (χ0) is 15.1. The molecule has 2 N–H and O–H groups in total. The lowest BCUT2D eigenvalue weighted by molar-refractivity contribution is -0.151. The van der Waals surface area contributed by atoms with Crippen molar-refractivity contribution in [3.8, 4) is 0 Å². The van der Waals surface area contributed by atoms with Crippen LogP contribution in [0.15, 0.2) is 30.3 Å². The molecule has 0 aromatic heterocycles. The molecule has 0 spiro atoms. The molecule has 0 heterocycles. The van der Waals surface area contributed by atoms with Crippen LogP contribution in [0, 0.1) is 0 Å². The smallest absolute Gasteiger partial charge is 0.394 e. The molecule has 0 fully saturated rings. The SMILES string of the molecule is CCN(CC)C(=O)[C@@H](NC(=O)C(=O)O)c1ccccc1. The Morgan fingerprint density at radius 1 is 1.15 bits per heavy atom. The van der Waals surface area contributed by atoms with Crippen molar-refractivity contribution < 1.29 is 19.5 Å². The van der Waals surface area contributed by atoms with Crippen molar-refractivity contribution in [3.05, 3.63) is 35.9 Å². The van der Waals surface area contributed by atoms with Gasteiger partial charge in [-0.25, -0.2) is 4.79 Å². The molecule has 2 amide bonds. The van der Waals surface area contributed by atoms with Crippen molar-refractivity contribution in [2.75, 3.05) is 13.1 Å². The quantitative estimate of drug-likeness (QED) is 0.780. The predicted octanol–water partition coefficient (Wildman–Crippen LogP) is 0.797. The number of benzene rings is 1. The van der Waals surface area contributed by atoms with Crippen LogP contribution in [0.2, 0.25) is 0 Å². The van der Waals surface area contributed by atoms with Crippen LogP contribution in [-0.2, 0) is 14.4 Å².